The summed E-state index contributed by atoms with van der Waals surface area (Å²) in [5.41, 5.74) is 0.955. The van der Waals surface area contributed by atoms with Crippen molar-refractivity contribution in [2.45, 2.75) is 23.8 Å². The Kier molecular flexibility index (Phi) is 8.15. The number of benzene rings is 2. The molecule has 0 N–H and O–H groups in total. The van der Waals surface area contributed by atoms with Crippen molar-refractivity contribution in [3.8, 4) is 11.8 Å². The Balaban J connectivity index is 1.95. The van der Waals surface area contributed by atoms with Gasteiger partial charge in [0.25, 0.3) is 0 Å². The summed E-state index contributed by atoms with van der Waals surface area (Å²) in [6.07, 6.45) is 0.648. The molecule has 1 aromatic heterocycles. The molecule has 1 atom stereocenters. The van der Waals surface area contributed by atoms with Crippen LogP contribution in [0.2, 0.25) is 0 Å². The zero-order valence-electron chi connectivity index (χ0n) is 17.3. The van der Waals surface area contributed by atoms with Crippen molar-refractivity contribution in [2.75, 3.05) is 12.4 Å². The summed E-state index contributed by atoms with van der Waals surface area (Å²) in [7, 11) is 0. The van der Waals surface area contributed by atoms with E-state index >= 15 is 0 Å². The molecule has 3 rings (SSSR count). The minimum Gasteiger partial charge on any atom is -0.466 e. The van der Waals surface area contributed by atoms with Gasteiger partial charge in [0.2, 0.25) is 5.78 Å². The summed E-state index contributed by atoms with van der Waals surface area (Å²) in [6, 6.07) is 12.4. The normalized spacial score (nSPS) is 12.4. The maximum atomic E-state index is 14.9. The standard InChI is InChI=1S/C22H18BrF2N3O3S2/c1-2-31-20(30)14(12-32)9-18(29)22(24,25)33-21-27-11-19(23)28(21)17-8-7-13(10-26)15-5-3-4-6-16(15)17/h3-8,11,14,32H,2,9,12H2,1H3. The SMILES string of the molecule is CCOC(=O)C(CS)CC(=O)C(F)(F)Sc1ncc(Br)n1-c1ccc(C#N)c2ccccc12. The summed E-state index contributed by atoms with van der Waals surface area (Å²) in [5.74, 6) is -3.32. The summed E-state index contributed by atoms with van der Waals surface area (Å²) < 4.78 is 36.5. The van der Waals surface area contributed by atoms with E-state index in [4.69, 9.17) is 4.74 Å². The van der Waals surface area contributed by atoms with Gasteiger partial charge in [-0.2, -0.15) is 26.7 Å². The number of Topliss-reactive ketones (excluding diaryl/α,β-unsaturated/α-hetero) is 1. The number of thiol groups is 1. The molecule has 3 aromatic rings. The second-order valence-corrected chi connectivity index (χ2v) is 9.13. The number of rotatable bonds is 9. The number of carbonyl (C=O) groups is 2. The Labute approximate surface area is 206 Å². The van der Waals surface area contributed by atoms with Crippen molar-refractivity contribution in [1.82, 2.24) is 9.55 Å². The van der Waals surface area contributed by atoms with Crippen molar-refractivity contribution in [3.05, 3.63) is 52.8 Å². The highest BCUT2D eigenvalue weighted by Crippen LogP contribution is 2.40. The Morgan fingerprint density at radius 3 is 2.64 bits per heavy atom. The number of fused-ring (bicyclic) bond motifs is 1. The second kappa shape index (κ2) is 10.7. The van der Waals surface area contributed by atoms with E-state index < -0.39 is 29.3 Å². The smallest absolute Gasteiger partial charge is 0.358 e. The molecule has 0 spiro atoms. The molecule has 1 unspecified atom stereocenters. The van der Waals surface area contributed by atoms with Crippen LogP contribution in [-0.4, -0.2) is 38.9 Å². The predicted molar refractivity (Wildman–Crippen MR) is 128 cm³/mol. The number of ketones is 1. The summed E-state index contributed by atoms with van der Waals surface area (Å²) in [5, 5.41) is 6.72. The second-order valence-electron chi connectivity index (χ2n) is 6.87. The van der Waals surface area contributed by atoms with Crippen molar-refractivity contribution in [3.63, 3.8) is 0 Å². The number of aromatic nitrogens is 2. The highest BCUT2D eigenvalue weighted by Gasteiger charge is 2.43. The number of imidazole rings is 1. The lowest BCUT2D eigenvalue weighted by molar-refractivity contribution is -0.150. The van der Waals surface area contributed by atoms with Gasteiger partial charge in [-0.15, -0.1) is 0 Å². The third kappa shape index (κ3) is 5.39. The van der Waals surface area contributed by atoms with Gasteiger partial charge in [-0.3, -0.25) is 14.2 Å². The van der Waals surface area contributed by atoms with Crippen LogP contribution in [0.4, 0.5) is 8.78 Å². The maximum Gasteiger partial charge on any atom is 0.358 e. The third-order valence-electron chi connectivity index (χ3n) is 4.77. The third-order valence-corrected chi connectivity index (χ3v) is 6.72. The van der Waals surface area contributed by atoms with E-state index in [-0.39, 0.29) is 29.3 Å². The number of esters is 1. The average Bonchev–Trinajstić information content (AvgIpc) is 3.15. The highest BCUT2D eigenvalue weighted by atomic mass is 79.9. The zero-order valence-corrected chi connectivity index (χ0v) is 20.6. The largest absolute Gasteiger partial charge is 0.466 e. The van der Waals surface area contributed by atoms with Gasteiger partial charge in [0, 0.05) is 22.9 Å². The van der Waals surface area contributed by atoms with E-state index in [9.17, 15) is 23.6 Å². The Morgan fingerprint density at radius 1 is 1.30 bits per heavy atom. The number of nitriles is 1. The molecule has 0 aliphatic carbocycles. The van der Waals surface area contributed by atoms with Crippen LogP contribution < -0.4 is 0 Å². The molecule has 33 heavy (non-hydrogen) atoms. The number of ether oxygens (including phenoxy) is 1. The van der Waals surface area contributed by atoms with Crippen LogP contribution in [0, 0.1) is 17.2 Å². The number of halogens is 3. The molecule has 6 nitrogen and oxygen atoms in total. The van der Waals surface area contributed by atoms with E-state index in [1.807, 2.05) is 0 Å². The van der Waals surface area contributed by atoms with Crippen molar-refractivity contribution in [2.24, 2.45) is 5.92 Å². The predicted octanol–water partition coefficient (Wildman–Crippen LogP) is 5.41. The van der Waals surface area contributed by atoms with E-state index in [0.717, 1.165) is 0 Å². The lowest BCUT2D eigenvalue weighted by atomic mass is 10.0. The maximum absolute atomic E-state index is 14.9. The first-order valence-electron chi connectivity index (χ1n) is 9.76. The Hall–Kier alpha value is -2.42. The number of nitrogens with zero attached hydrogens (tertiary/aromatic N) is 3. The number of hydrogen-bond donors (Lipinski definition) is 1. The molecule has 0 amide bonds. The van der Waals surface area contributed by atoms with Gasteiger partial charge in [-0.25, -0.2) is 4.98 Å². The molecule has 0 aliphatic rings. The zero-order chi connectivity index (χ0) is 24.2. The van der Waals surface area contributed by atoms with E-state index in [1.54, 1.807) is 43.3 Å². The first kappa shape index (κ1) is 25.2. The number of carbonyl (C=O) groups excluding carboxylic acids is 2. The molecule has 0 radical (unpaired) electrons. The molecular formula is C22H18BrF2N3O3S2. The Morgan fingerprint density at radius 2 is 2.00 bits per heavy atom. The van der Waals surface area contributed by atoms with Gasteiger partial charge >= 0.3 is 11.2 Å². The quantitative estimate of drug-likeness (QED) is 0.216. The van der Waals surface area contributed by atoms with Crippen molar-refractivity contribution < 1.29 is 23.1 Å². The van der Waals surface area contributed by atoms with Gasteiger partial charge in [0.1, 0.15) is 4.60 Å². The molecule has 172 valence electrons. The van der Waals surface area contributed by atoms with Gasteiger partial charge in [0.15, 0.2) is 5.16 Å². The van der Waals surface area contributed by atoms with Crippen LogP contribution >= 0.6 is 40.3 Å². The number of hydrogen-bond acceptors (Lipinski definition) is 7. The molecule has 0 fully saturated rings. The molecule has 11 heteroatoms. The first-order chi connectivity index (χ1) is 15.7. The van der Waals surface area contributed by atoms with Crippen molar-refractivity contribution >= 4 is 62.8 Å². The summed E-state index contributed by atoms with van der Waals surface area (Å²) >= 11 is 7.30. The Bertz CT molecular complexity index is 1240. The lowest BCUT2D eigenvalue weighted by Gasteiger charge is -2.19. The van der Waals surface area contributed by atoms with Crippen LogP contribution in [0.25, 0.3) is 16.5 Å². The van der Waals surface area contributed by atoms with Gasteiger partial charge in [-0.1, -0.05) is 24.3 Å². The topological polar surface area (TPSA) is 85.0 Å². The van der Waals surface area contributed by atoms with Crippen LogP contribution in [0.15, 0.2) is 52.4 Å². The van der Waals surface area contributed by atoms with E-state index in [1.165, 1.54) is 10.8 Å². The molecule has 0 bridgehead atoms. The summed E-state index contributed by atoms with van der Waals surface area (Å²) in [6.45, 7) is 1.66. The summed E-state index contributed by atoms with van der Waals surface area (Å²) in [4.78, 5) is 28.3. The fourth-order valence-corrected chi connectivity index (χ4v) is 4.85. The van der Waals surface area contributed by atoms with Gasteiger partial charge in [-0.05, 0) is 46.7 Å². The van der Waals surface area contributed by atoms with Crippen LogP contribution in [0.3, 0.4) is 0 Å². The molecule has 0 saturated carbocycles. The monoisotopic (exact) mass is 553 g/mol. The molecule has 0 saturated heterocycles. The molecule has 1 heterocycles. The number of alkyl halides is 2. The van der Waals surface area contributed by atoms with Gasteiger partial charge < -0.3 is 4.74 Å². The average molecular weight is 554 g/mol. The minimum atomic E-state index is -3.85. The van der Waals surface area contributed by atoms with E-state index in [2.05, 4.69) is 39.6 Å². The minimum absolute atomic E-state index is 0.0108. The number of thioether (sulfide) groups is 1. The molecular weight excluding hydrogens is 536 g/mol. The highest BCUT2D eigenvalue weighted by molar-refractivity contribution is 9.10. The fourth-order valence-electron chi connectivity index (χ4n) is 3.18. The van der Waals surface area contributed by atoms with Crippen LogP contribution in [-0.2, 0) is 14.3 Å². The fraction of sp³-hybridized carbons (Fsp3) is 0.273. The van der Waals surface area contributed by atoms with E-state index in [0.29, 0.717) is 26.6 Å². The van der Waals surface area contributed by atoms with Crippen LogP contribution in [0.5, 0.6) is 0 Å². The van der Waals surface area contributed by atoms with Crippen LogP contribution in [0.1, 0.15) is 18.9 Å². The molecule has 0 aliphatic heterocycles. The lowest BCUT2D eigenvalue weighted by Crippen LogP contribution is -2.31. The van der Waals surface area contributed by atoms with Crippen molar-refractivity contribution in [1.29, 1.82) is 5.26 Å². The first-order valence-corrected chi connectivity index (χ1v) is 12.0. The van der Waals surface area contributed by atoms with Gasteiger partial charge in [0.05, 0.1) is 36.0 Å². The molecule has 2 aromatic carbocycles.